The second kappa shape index (κ2) is 8.16. The first-order valence-corrected chi connectivity index (χ1v) is 24.5. The Morgan fingerprint density at radius 3 is 0.880 bits per heavy atom. The Hall–Kier alpha value is 0.367. The van der Waals surface area contributed by atoms with Crippen molar-refractivity contribution < 1.29 is 0 Å². The monoisotopic (exact) mass is 552 g/mol. The van der Waals surface area contributed by atoms with Crippen LogP contribution in [0.5, 0.6) is 0 Å². The molecule has 0 aliphatic rings. The Labute approximate surface area is 173 Å². The van der Waals surface area contributed by atoms with Gasteiger partial charge in [0.25, 0.3) is 0 Å². The Balaban J connectivity index is 2.58. The maximum atomic E-state index is 6.99. The van der Waals surface area contributed by atoms with Gasteiger partial charge in [-0.15, -0.1) is 0 Å². The number of hydrogen-bond donors (Lipinski definition) is 0. The van der Waals surface area contributed by atoms with Crippen LogP contribution in [-0.2, 0) is 0 Å². The summed E-state index contributed by atoms with van der Waals surface area (Å²) in [6.07, 6.45) is 0. The van der Waals surface area contributed by atoms with Gasteiger partial charge in [0.1, 0.15) is 0 Å². The van der Waals surface area contributed by atoms with Gasteiger partial charge in [-0.25, -0.2) is 0 Å². The molecule has 0 radical (unpaired) electrons. The van der Waals surface area contributed by atoms with E-state index in [0.717, 1.165) is 15.9 Å². The van der Waals surface area contributed by atoms with E-state index in [1.807, 2.05) is 54.6 Å². The van der Waals surface area contributed by atoms with Gasteiger partial charge in [0.2, 0.25) is 0 Å². The molecule has 0 amide bonds. The molecular weight excluding hydrogens is 539 g/mol. The topological polar surface area (TPSA) is 0 Å². The van der Waals surface area contributed by atoms with Crippen LogP contribution < -0.4 is 15.9 Å². The van der Waals surface area contributed by atoms with Gasteiger partial charge in [0.05, 0.1) is 0 Å². The molecule has 0 saturated carbocycles. The van der Waals surface area contributed by atoms with E-state index < -0.39 is 28.3 Å². The quantitative estimate of drug-likeness (QED) is 0.292. The van der Waals surface area contributed by atoms with Crippen LogP contribution in [0.15, 0.2) is 91.0 Å². The number of hydrogen-bond acceptors (Lipinski definition) is 0. The van der Waals surface area contributed by atoms with E-state index in [0.29, 0.717) is 0 Å². The van der Waals surface area contributed by atoms with Crippen molar-refractivity contribution in [1.82, 2.24) is 0 Å². The van der Waals surface area contributed by atoms with E-state index >= 15 is 0 Å². The minimum absolute atomic E-state index is 1.10. The summed E-state index contributed by atoms with van der Waals surface area (Å²) in [6, 6.07) is 30.6. The van der Waals surface area contributed by atoms with Gasteiger partial charge in [-0.1, -0.05) is 0 Å². The number of benzene rings is 3. The molecule has 0 fully saturated rings. The van der Waals surface area contributed by atoms with Gasteiger partial charge in [0.15, 0.2) is 0 Å². The molecular formula is C18H15As2Cl4P. The van der Waals surface area contributed by atoms with Crippen LogP contribution in [-0.4, -0.2) is 24.6 Å². The predicted octanol–water partition coefficient (Wildman–Crippen LogP) is 5.44. The van der Waals surface area contributed by atoms with Crippen molar-refractivity contribution in [3.8, 4) is 0 Å². The van der Waals surface area contributed by atoms with E-state index in [1.165, 1.54) is 0 Å². The zero-order valence-electron chi connectivity index (χ0n) is 13.0. The Morgan fingerprint density at radius 2 is 0.680 bits per heavy atom. The summed E-state index contributed by atoms with van der Waals surface area (Å²) in [4.78, 5) is 0. The first-order valence-electron chi connectivity index (χ1n) is 7.48. The molecule has 25 heavy (non-hydrogen) atoms. The molecule has 0 aliphatic heterocycles. The van der Waals surface area contributed by atoms with Crippen molar-refractivity contribution in [2.24, 2.45) is 0 Å². The van der Waals surface area contributed by atoms with Crippen LogP contribution >= 0.6 is 43.5 Å². The van der Waals surface area contributed by atoms with E-state index in [-0.39, 0.29) is 0 Å². The molecule has 0 saturated heterocycles. The first kappa shape index (κ1) is 20.1. The molecule has 0 spiro atoms. The number of rotatable bonds is 5. The Kier molecular flexibility index (Phi) is 6.57. The molecule has 0 aromatic heterocycles. The van der Waals surface area contributed by atoms with Gasteiger partial charge in [-0.3, -0.25) is 0 Å². The van der Waals surface area contributed by atoms with Gasteiger partial charge in [-0.05, 0) is 0 Å². The molecule has 3 aromatic carbocycles. The summed E-state index contributed by atoms with van der Waals surface area (Å²) >= 11 is -5.01. The molecule has 0 unspecified atom stereocenters. The third kappa shape index (κ3) is 2.94. The van der Waals surface area contributed by atoms with Crippen LogP contribution in [0.1, 0.15) is 0 Å². The van der Waals surface area contributed by atoms with Crippen molar-refractivity contribution in [3.63, 3.8) is 0 Å². The predicted molar refractivity (Wildman–Crippen MR) is 120 cm³/mol. The fourth-order valence-electron chi connectivity index (χ4n) is 3.15. The third-order valence-corrected chi connectivity index (χ3v) is 70.4. The summed E-state index contributed by atoms with van der Waals surface area (Å²) < 4.78 is -3.29. The van der Waals surface area contributed by atoms with E-state index in [1.54, 1.807) is 0 Å². The van der Waals surface area contributed by atoms with Crippen molar-refractivity contribution in [1.29, 1.82) is 0 Å². The van der Waals surface area contributed by atoms with E-state index in [9.17, 15) is 0 Å². The average Bonchev–Trinajstić information content (AvgIpc) is 2.65. The van der Waals surface area contributed by atoms with Crippen molar-refractivity contribution >= 4 is 84.1 Å². The van der Waals surface area contributed by atoms with Crippen molar-refractivity contribution in [2.75, 3.05) is 0 Å². The second-order valence-electron chi connectivity index (χ2n) is 5.46. The van der Waals surface area contributed by atoms with Crippen LogP contribution in [0.25, 0.3) is 0 Å². The summed E-state index contributed by atoms with van der Waals surface area (Å²) in [7, 11) is 28.0. The summed E-state index contributed by atoms with van der Waals surface area (Å²) in [5.74, 6) is 0. The standard InChI is InChI=1S/C18H15As2Cl4P/c21-19(22)25(20(23)24,16-10-4-1-5-11-16,17-12-6-2-7-13-17)18-14-8-3-9-15-18/h1-15H. The van der Waals surface area contributed by atoms with Gasteiger partial charge >= 0.3 is 175 Å². The van der Waals surface area contributed by atoms with Gasteiger partial charge in [0, 0.05) is 0 Å². The summed E-state index contributed by atoms with van der Waals surface area (Å²) in [5.41, 5.74) is 0. The first-order chi connectivity index (χ1) is 12.0. The molecule has 0 N–H and O–H groups in total. The zero-order chi connectivity index (χ0) is 17.9. The van der Waals surface area contributed by atoms with Crippen LogP contribution in [0.3, 0.4) is 0 Å². The van der Waals surface area contributed by atoms with Crippen LogP contribution in [0.2, 0.25) is 0 Å². The van der Waals surface area contributed by atoms with Gasteiger partial charge in [-0.2, -0.15) is 0 Å². The summed E-state index contributed by atoms with van der Waals surface area (Å²) in [6.45, 7) is 0. The normalized spacial score (nSPS) is 13.6. The van der Waals surface area contributed by atoms with Crippen LogP contribution in [0, 0.1) is 0 Å². The van der Waals surface area contributed by atoms with Gasteiger partial charge < -0.3 is 0 Å². The SMILES string of the molecule is Cl[As](Cl)P(c1ccccc1)(c1ccccc1)(c1ccccc1)[As](Cl)Cl. The molecule has 0 bridgehead atoms. The molecule has 130 valence electrons. The molecule has 0 nitrogen and oxygen atoms in total. The molecule has 0 heterocycles. The molecule has 7 heteroatoms. The number of halogens is 4. The average molecular weight is 554 g/mol. The molecule has 3 rings (SSSR count). The minimum atomic E-state index is -3.29. The Bertz CT molecular complexity index is 718. The molecule has 0 aliphatic carbocycles. The van der Waals surface area contributed by atoms with E-state index in [4.69, 9.17) is 39.8 Å². The molecule has 3 aromatic rings. The fourth-order valence-corrected chi connectivity index (χ4v) is 72.5. The summed E-state index contributed by atoms with van der Waals surface area (Å²) in [5, 5.41) is 3.29. The second-order valence-corrected chi connectivity index (χ2v) is 43.3. The maximum absolute atomic E-state index is 6.99. The van der Waals surface area contributed by atoms with Crippen molar-refractivity contribution in [2.45, 2.75) is 0 Å². The van der Waals surface area contributed by atoms with Crippen LogP contribution in [0.4, 0.5) is 0 Å². The zero-order valence-corrected chi connectivity index (χ0v) is 20.7. The third-order valence-electron chi connectivity index (χ3n) is 4.32. The fraction of sp³-hybridized carbons (Fsp3) is 0. The van der Waals surface area contributed by atoms with Crippen molar-refractivity contribution in [3.05, 3.63) is 91.0 Å². The van der Waals surface area contributed by atoms with E-state index in [2.05, 4.69) is 36.4 Å². The molecule has 0 atom stereocenters. The Morgan fingerprint density at radius 1 is 0.440 bits per heavy atom.